The summed E-state index contributed by atoms with van der Waals surface area (Å²) in [6.45, 7) is -0.686. The fourth-order valence-electron chi connectivity index (χ4n) is 5.53. The Morgan fingerprint density at radius 1 is 0.714 bits per heavy atom. The third kappa shape index (κ3) is 8.81. The maximum absolute atomic E-state index is 13.0. The summed E-state index contributed by atoms with van der Waals surface area (Å²) >= 11 is 0. The Morgan fingerprint density at radius 3 is 1.86 bits per heavy atom. The predicted molar refractivity (Wildman–Crippen MR) is 152 cm³/mol. The van der Waals surface area contributed by atoms with E-state index in [1.54, 1.807) is 0 Å². The van der Waals surface area contributed by atoms with Gasteiger partial charge in [0.25, 0.3) is 5.79 Å². The van der Waals surface area contributed by atoms with Crippen LogP contribution in [0.2, 0.25) is 0 Å². The van der Waals surface area contributed by atoms with Crippen LogP contribution in [0.5, 0.6) is 0 Å². The van der Waals surface area contributed by atoms with E-state index in [2.05, 4.69) is 31.2 Å². The van der Waals surface area contributed by atoms with Crippen molar-refractivity contribution in [2.75, 3.05) is 19.8 Å². The molecule has 0 spiro atoms. The van der Waals surface area contributed by atoms with Crippen LogP contribution in [0.15, 0.2) is 24.3 Å². The summed E-state index contributed by atoms with van der Waals surface area (Å²) in [6.07, 6.45) is 6.26. The van der Waals surface area contributed by atoms with Crippen LogP contribution >= 0.6 is 0 Å². The van der Waals surface area contributed by atoms with E-state index in [0.717, 1.165) is 38.5 Å². The highest BCUT2D eigenvalue weighted by atomic mass is 16.8. The number of carbonyl (C=O) groups is 1. The molecule has 2 aliphatic rings. The van der Waals surface area contributed by atoms with Crippen molar-refractivity contribution in [3.8, 4) is 0 Å². The van der Waals surface area contributed by atoms with Gasteiger partial charge in [-0.15, -0.1) is 0 Å². The van der Waals surface area contributed by atoms with Crippen molar-refractivity contribution in [2.24, 2.45) is 0 Å². The highest BCUT2D eigenvalue weighted by molar-refractivity contribution is 5.70. The monoisotopic (exact) mass is 604 g/mol. The highest BCUT2D eigenvalue weighted by Gasteiger charge is 2.74. The van der Waals surface area contributed by atoms with Crippen LogP contribution in [0, 0.1) is 0 Å². The Bertz CT molecular complexity index is 835. The Balaban J connectivity index is 1.92. The van der Waals surface area contributed by atoms with E-state index in [1.807, 2.05) is 0 Å². The van der Waals surface area contributed by atoms with Crippen molar-refractivity contribution in [3.63, 3.8) is 0 Å². The van der Waals surface area contributed by atoms with Crippen LogP contribution < -0.4 is 0 Å². The van der Waals surface area contributed by atoms with Gasteiger partial charge in [-0.25, -0.2) is 0 Å². The van der Waals surface area contributed by atoms with Crippen LogP contribution in [0.4, 0.5) is 0 Å². The van der Waals surface area contributed by atoms with Gasteiger partial charge in [-0.1, -0.05) is 63.3 Å². The molecular formula is C30H52O12. The second kappa shape index (κ2) is 18.4. The number of ether oxygens (including phenoxy) is 3. The summed E-state index contributed by atoms with van der Waals surface area (Å²) in [5.74, 6) is -3.77. The highest BCUT2D eigenvalue weighted by Crippen LogP contribution is 2.48. The van der Waals surface area contributed by atoms with E-state index in [1.165, 1.54) is 19.3 Å². The summed E-state index contributed by atoms with van der Waals surface area (Å²) in [7, 11) is 0. The van der Waals surface area contributed by atoms with Gasteiger partial charge in [0.15, 0.2) is 11.7 Å². The maximum atomic E-state index is 13.0. The molecule has 0 amide bonds. The fourth-order valence-corrected chi connectivity index (χ4v) is 5.53. The van der Waals surface area contributed by atoms with Crippen LogP contribution in [-0.2, 0) is 19.0 Å². The number of esters is 1. The Kier molecular flexibility index (Phi) is 16.1. The lowest BCUT2D eigenvalue weighted by Gasteiger charge is -2.54. The number of hydrogen-bond donors (Lipinski definition) is 8. The molecule has 0 radical (unpaired) electrons. The molecular weight excluding hydrogens is 552 g/mol. The van der Waals surface area contributed by atoms with E-state index < -0.39 is 79.9 Å². The molecule has 8 N–H and O–H groups in total. The second-order valence-electron chi connectivity index (χ2n) is 11.2. The van der Waals surface area contributed by atoms with E-state index in [4.69, 9.17) is 14.2 Å². The fraction of sp³-hybridized carbons (Fsp3) is 0.833. The lowest BCUT2D eigenvalue weighted by Crippen LogP contribution is -2.78. The van der Waals surface area contributed by atoms with Gasteiger partial charge >= 0.3 is 5.97 Å². The summed E-state index contributed by atoms with van der Waals surface area (Å²) in [6, 6.07) is 0. The molecule has 2 heterocycles. The zero-order chi connectivity index (χ0) is 31.2. The molecule has 0 unspecified atom stereocenters. The standard InChI is InChI=1S/C30H52O12/c1-2-3-4-5-6-7-8-9-10-11-12-13-14-15-16-17-23(34)42-30(28(39)26(37)24(35)21(18-31)41-30)29(20-33)27(38)25(36)22(19-32)40-29/h6-7,9-10,21-22,24-28,31-33,35-39H,2-5,8,11-20H2,1H3/b7-6-,10-9-/t21-,22-,24-,25-,26+,27+,28-,29+,30+/m1/s1. The number of aliphatic hydroxyl groups excluding tert-OH is 8. The van der Waals surface area contributed by atoms with Gasteiger partial charge in [-0.2, -0.15) is 0 Å². The van der Waals surface area contributed by atoms with E-state index in [-0.39, 0.29) is 6.42 Å². The van der Waals surface area contributed by atoms with Crippen molar-refractivity contribution in [2.45, 2.75) is 138 Å². The number of hydrogen-bond acceptors (Lipinski definition) is 12. The minimum Gasteiger partial charge on any atom is -0.427 e. The number of rotatable bonds is 19. The van der Waals surface area contributed by atoms with Crippen LogP contribution in [-0.4, -0.2) is 121 Å². The van der Waals surface area contributed by atoms with Gasteiger partial charge in [-0.3, -0.25) is 4.79 Å². The zero-order valence-electron chi connectivity index (χ0n) is 24.7. The maximum Gasteiger partial charge on any atom is 0.308 e. The lowest BCUT2D eigenvalue weighted by molar-refractivity contribution is -0.415. The summed E-state index contributed by atoms with van der Waals surface area (Å²) in [5, 5.41) is 82.6. The van der Waals surface area contributed by atoms with E-state index in [0.29, 0.717) is 12.8 Å². The number of carbonyl (C=O) groups excluding carboxylic acids is 1. The molecule has 9 atom stereocenters. The minimum absolute atomic E-state index is 0.144. The molecule has 2 rings (SSSR count). The molecule has 0 aromatic heterocycles. The Labute approximate surface area is 248 Å². The molecule has 0 bridgehead atoms. The number of allylic oxidation sites excluding steroid dienone is 4. The molecule has 0 aromatic rings. The molecule has 2 fully saturated rings. The first kappa shape index (κ1) is 36.7. The first-order chi connectivity index (χ1) is 20.2. The molecule has 2 aliphatic heterocycles. The van der Waals surface area contributed by atoms with Crippen molar-refractivity contribution in [1.82, 2.24) is 0 Å². The molecule has 244 valence electrons. The van der Waals surface area contributed by atoms with Crippen molar-refractivity contribution in [1.29, 1.82) is 0 Å². The predicted octanol–water partition coefficient (Wildman–Crippen LogP) is 0.357. The first-order valence-corrected chi connectivity index (χ1v) is 15.3. The van der Waals surface area contributed by atoms with Crippen LogP contribution in [0.3, 0.4) is 0 Å². The van der Waals surface area contributed by atoms with Crippen molar-refractivity contribution >= 4 is 5.97 Å². The van der Waals surface area contributed by atoms with E-state index in [9.17, 15) is 45.6 Å². The first-order valence-electron chi connectivity index (χ1n) is 15.3. The molecule has 42 heavy (non-hydrogen) atoms. The van der Waals surface area contributed by atoms with Gasteiger partial charge < -0.3 is 55.1 Å². The summed E-state index contributed by atoms with van der Waals surface area (Å²) in [4.78, 5) is 13.0. The van der Waals surface area contributed by atoms with Gasteiger partial charge in [0, 0.05) is 6.42 Å². The lowest BCUT2D eigenvalue weighted by atomic mass is 9.78. The van der Waals surface area contributed by atoms with Gasteiger partial charge in [0.05, 0.1) is 19.8 Å². The normalized spacial score (nSPS) is 35.4. The third-order valence-corrected chi connectivity index (χ3v) is 8.10. The van der Waals surface area contributed by atoms with Gasteiger partial charge in [0.1, 0.15) is 36.6 Å². The quantitative estimate of drug-likeness (QED) is 0.0571. The van der Waals surface area contributed by atoms with Crippen molar-refractivity contribution in [3.05, 3.63) is 24.3 Å². The minimum atomic E-state index is -2.84. The molecule has 12 nitrogen and oxygen atoms in total. The Morgan fingerprint density at radius 2 is 1.29 bits per heavy atom. The number of aliphatic hydroxyl groups is 8. The average molecular weight is 605 g/mol. The smallest absolute Gasteiger partial charge is 0.308 e. The van der Waals surface area contributed by atoms with Crippen molar-refractivity contribution < 1.29 is 59.9 Å². The van der Waals surface area contributed by atoms with Gasteiger partial charge in [0.2, 0.25) is 0 Å². The molecule has 12 heteroatoms. The number of unbranched alkanes of at least 4 members (excludes halogenated alkanes) is 8. The summed E-state index contributed by atoms with van der Waals surface area (Å²) in [5.41, 5.74) is -2.57. The molecule has 0 saturated carbocycles. The van der Waals surface area contributed by atoms with Crippen LogP contribution in [0.25, 0.3) is 0 Å². The van der Waals surface area contributed by atoms with E-state index >= 15 is 0 Å². The topological polar surface area (TPSA) is 207 Å². The molecule has 0 aromatic carbocycles. The zero-order valence-corrected chi connectivity index (χ0v) is 24.7. The van der Waals surface area contributed by atoms with Gasteiger partial charge in [-0.05, 0) is 38.5 Å². The third-order valence-electron chi connectivity index (χ3n) is 8.10. The second-order valence-corrected chi connectivity index (χ2v) is 11.2. The van der Waals surface area contributed by atoms with Crippen LogP contribution in [0.1, 0.15) is 84.0 Å². The Hall–Kier alpha value is -1.45. The SMILES string of the molecule is CCCCC/C=C\C/C=C\CCCCCCCC(=O)O[C@@]1([C@@]2(CO)O[C@H](CO)[C@@H](O)[C@@H]2O)O[C@H](CO)[C@@H](O)[C@H](O)[C@H]1O. The summed E-state index contributed by atoms with van der Waals surface area (Å²) < 4.78 is 16.7. The largest absolute Gasteiger partial charge is 0.427 e. The average Bonchev–Trinajstić information content (AvgIpc) is 3.25. The molecule has 0 aliphatic carbocycles. The molecule has 2 saturated heterocycles.